The molecule has 0 aliphatic rings. The number of esters is 1. The number of nitrogens with zero attached hydrogens (tertiary/aromatic N) is 1. The maximum Gasteiger partial charge on any atom is 0.311 e. The maximum atomic E-state index is 12.5. The van der Waals surface area contributed by atoms with Gasteiger partial charge in [-0.25, -0.2) is 0 Å². The SMILES string of the molecule is CCCCCCC(=O)N(C)Cc1cc(-c2sc(CCC(=O)Oc3ccccc3)cc2CCC)cs1. The molecule has 4 nitrogen and oxygen atoms in total. The van der Waals surface area contributed by atoms with E-state index in [2.05, 4.69) is 31.4 Å². The second kappa shape index (κ2) is 14.2. The lowest BCUT2D eigenvalue weighted by atomic mass is 10.1. The maximum absolute atomic E-state index is 12.5. The molecule has 0 bridgehead atoms. The van der Waals surface area contributed by atoms with Gasteiger partial charge in [0.05, 0.1) is 13.0 Å². The van der Waals surface area contributed by atoms with E-state index in [4.69, 9.17) is 4.74 Å². The molecule has 0 fully saturated rings. The van der Waals surface area contributed by atoms with E-state index in [0.29, 0.717) is 31.6 Å². The number of carbonyl (C=O) groups is 2. The van der Waals surface area contributed by atoms with Crippen molar-refractivity contribution in [3.63, 3.8) is 0 Å². The van der Waals surface area contributed by atoms with Gasteiger partial charge in [0, 0.05) is 33.7 Å². The number of aryl methyl sites for hydroxylation is 2. The molecule has 2 aromatic heterocycles. The average Bonchev–Trinajstić information content (AvgIpc) is 3.48. The molecule has 3 rings (SSSR count). The molecule has 35 heavy (non-hydrogen) atoms. The van der Waals surface area contributed by atoms with Gasteiger partial charge in [-0.1, -0.05) is 57.7 Å². The van der Waals surface area contributed by atoms with Gasteiger partial charge >= 0.3 is 5.97 Å². The molecular weight excluding hydrogens is 474 g/mol. The van der Waals surface area contributed by atoms with Gasteiger partial charge in [0.1, 0.15) is 5.75 Å². The zero-order valence-electron chi connectivity index (χ0n) is 21.2. The molecule has 1 amide bonds. The summed E-state index contributed by atoms with van der Waals surface area (Å²) < 4.78 is 5.44. The Morgan fingerprint density at radius 3 is 2.46 bits per heavy atom. The zero-order valence-corrected chi connectivity index (χ0v) is 22.8. The molecule has 0 unspecified atom stereocenters. The molecule has 188 valence electrons. The number of thiophene rings is 2. The van der Waals surface area contributed by atoms with Gasteiger partial charge < -0.3 is 9.64 Å². The number of amides is 1. The van der Waals surface area contributed by atoms with E-state index in [1.54, 1.807) is 34.8 Å². The Bertz CT molecular complexity index is 1070. The standard InChI is InChI=1S/C29H37NO3S2/c1-4-6-7-11-15-27(31)30(3)20-26-19-23(21-34-26)29-22(12-5-2)18-25(35-29)16-17-28(32)33-24-13-9-8-10-14-24/h8-10,13-14,18-19,21H,4-7,11-12,15-17,20H2,1-3H3. The summed E-state index contributed by atoms with van der Waals surface area (Å²) in [5.41, 5.74) is 2.56. The minimum absolute atomic E-state index is 0.205. The first-order chi connectivity index (χ1) is 17.0. The fourth-order valence-electron chi connectivity index (χ4n) is 4.00. The summed E-state index contributed by atoms with van der Waals surface area (Å²) >= 11 is 3.49. The van der Waals surface area contributed by atoms with Crippen LogP contribution in [0.1, 0.15) is 74.1 Å². The Kier molecular flexibility index (Phi) is 11.0. The van der Waals surface area contributed by atoms with Crippen LogP contribution in [0.4, 0.5) is 0 Å². The topological polar surface area (TPSA) is 46.6 Å². The van der Waals surface area contributed by atoms with Crippen LogP contribution in [0.5, 0.6) is 5.75 Å². The van der Waals surface area contributed by atoms with Crippen LogP contribution in [0.25, 0.3) is 10.4 Å². The first kappa shape index (κ1) is 27.2. The lowest BCUT2D eigenvalue weighted by molar-refractivity contribution is -0.134. The monoisotopic (exact) mass is 511 g/mol. The van der Waals surface area contributed by atoms with Crippen LogP contribution in [0.3, 0.4) is 0 Å². The number of hydrogen-bond acceptors (Lipinski definition) is 5. The largest absolute Gasteiger partial charge is 0.427 e. The predicted octanol–water partition coefficient (Wildman–Crippen LogP) is 7.90. The van der Waals surface area contributed by atoms with Crippen molar-refractivity contribution >= 4 is 34.6 Å². The normalized spacial score (nSPS) is 10.9. The molecule has 0 saturated heterocycles. The minimum atomic E-state index is -0.205. The molecule has 6 heteroatoms. The van der Waals surface area contributed by atoms with Crippen molar-refractivity contribution in [2.75, 3.05) is 7.05 Å². The third-order valence-corrected chi connectivity index (χ3v) is 8.12. The van der Waals surface area contributed by atoms with E-state index < -0.39 is 0 Å². The summed E-state index contributed by atoms with van der Waals surface area (Å²) in [7, 11) is 1.90. The van der Waals surface area contributed by atoms with Crippen molar-refractivity contribution in [3.8, 4) is 16.2 Å². The number of benzene rings is 1. The zero-order chi connectivity index (χ0) is 25.0. The van der Waals surface area contributed by atoms with E-state index in [9.17, 15) is 9.59 Å². The smallest absolute Gasteiger partial charge is 0.311 e. The first-order valence-corrected chi connectivity index (χ1v) is 14.4. The highest BCUT2D eigenvalue weighted by atomic mass is 32.1. The lowest BCUT2D eigenvalue weighted by Crippen LogP contribution is -2.25. The Labute approximate surface area is 217 Å². The summed E-state index contributed by atoms with van der Waals surface area (Å²) in [6.07, 6.45) is 8.25. The molecule has 1 aromatic carbocycles. The molecule has 3 aromatic rings. The van der Waals surface area contributed by atoms with Gasteiger partial charge in [0.25, 0.3) is 0 Å². The second-order valence-corrected chi connectivity index (χ2v) is 11.1. The molecule has 2 heterocycles. The molecule has 0 atom stereocenters. The molecular formula is C29H37NO3S2. The van der Waals surface area contributed by atoms with Crippen LogP contribution in [-0.4, -0.2) is 23.8 Å². The van der Waals surface area contributed by atoms with Crippen molar-refractivity contribution in [1.29, 1.82) is 0 Å². The van der Waals surface area contributed by atoms with Gasteiger partial charge in [-0.15, -0.1) is 22.7 Å². The Morgan fingerprint density at radius 1 is 0.914 bits per heavy atom. The Morgan fingerprint density at radius 2 is 1.71 bits per heavy atom. The molecule has 0 N–H and O–H groups in total. The van der Waals surface area contributed by atoms with Gasteiger partial charge in [0.15, 0.2) is 0 Å². The van der Waals surface area contributed by atoms with Gasteiger partial charge in [-0.05, 0) is 54.5 Å². The van der Waals surface area contributed by atoms with Crippen LogP contribution in [-0.2, 0) is 29.0 Å². The fraction of sp³-hybridized carbons (Fsp3) is 0.448. The van der Waals surface area contributed by atoms with Crippen molar-refractivity contribution in [2.45, 2.75) is 78.2 Å². The molecule has 0 spiro atoms. The number of rotatable bonds is 14. The Balaban J connectivity index is 1.59. The average molecular weight is 512 g/mol. The van der Waals surface area contributed by atoms with Crippen LogP contribution in [0.2, 0.25) is 0 Å². The predicted molar refractivity (Wildman–Crippen MR) is 147 cm³/mol. The van der Waals surface area contributed by atoms with Crippen molar-refractivity contribution in [1.82, 2.24) is 4.90 Å². The minimum Gasteiger partial charge on any atom is -0.427 e. The highest BCUT2D eigenvalue weighted by Gasteiger charge is 2.16. The number of ether oxygens (including phenoxy) is 1. The highest BCUT2D eigenvalue weighted by molar-refractivity contribution is 7.16. The molecule has 0 aliphatic carbocycles. The summed E-state index contributed by atoms with van der Waals surface area (Å²) in [5, 5.41) is 2.20. The van der Waals surface area contributed by atoms with E-state index in [1.807, 2.05) is 30.1 Å². The van der Waals surface area contributed by atoms with E-state index in [0.717, 1.165) is 25.7 Å². The van der Waals surface area contributed by atoms with Gasteiger partial charge in [-0.3, -0.25) is 9.59 Å². The summed E-state index contributed by atoms with van der Waals surface area (Å²) in [6.45, 7) is 5.03. The van der Waals surface area contributed by atoms with E-state index >= 15 is 0 Å². The van der Waals surface area contributed by atoms with Crippen LogP contribution in [0.15, 0.2) is 47.8 Å². The first-order valence-electron chi connectivity index (χ1n) is 12.7. The van der Waals surface area contributed by atoms with Gasteiger partial charge in [-0.2, -0.15) is 0 Å². The van der Waals surface area contributed by atoms with Crippen molar-refractivity contribution in [2.24, 2.45) is 0 Å². The summed E-state index contributed by atoms with van der Waals surface area (Å²) in [5.74, 6) is 0.609. The van der Waals surface area contributed by atoms with Crippen molar-refractivity contribution in [3.05, 3.63) is 63.2 Å². The van der Waals surface area contributed by atoms with Gasteiger partial charge in [0.2, 0.25) is 5.91 Å². The number of carbonyl (C=O) groups excluding carboxylic acids is 2. The van der Waals surface area contributed by atoms with E-state index in [-0.39, 0.29) is 11.9 Å². The fourth-order valence-corrected chi connectivity index (χ4v) is 6.20. The third-order valence-electron chi connectivity index (χ3n) is 5.91. The van der Waals surface area contributed by atoms with Crippen LogP contribution >= 0.6 is 22.7 Å². The third kappa shape index (κ3) is 8.62. The number of para-hydroxylation sites is 1. The molecule has 0 aliphatic heterocycles. The molecule has 0 saturated carbocycles. The lowest BCUT2D eigenvalue weighted by Gasteiger charge is -2.16. The number of hydrogen-bond donors (Lipinski definition) is 0. The van der Waals surface area contributed by atoms with Crippen LogP contribution in [0, 0.1) is 0 Å². The van der Waals surface area contributed by atoms with E-state index in [1.165, 1.54) is 38.6 Å². The molecule has 0 radical (unpaired) electrons. The van der Waals surface area contributed by atoms with Crippen LogP contribution < -0.4 is 4.74 Å². The number of unbranched alkanes of at least 4 members (excludes halogenated alkanes) is 3. The second-order valence-electron chi connectivity index (χ2n) is 8.97. The van der Waals surface area contributed by atoms with Crippen molar-refractivity contribution < 1.29 is 14.3 Å². The summed E-state index contributed by atoms with van der Waals surface area (Å²) in [6, 6.07) is 13.7. The summed E-state index contributed by atoms with van der Waals surface area (Å²) in [4.78, 5) is 30.3. The quantitative estimate of drug-likeness (QED) is 0.126. The Hall–Kier alpha value is -2.44. The highest BCUT2D eigenvalue weighted by Crippen LogP contribution is 2.37.